The van der Waals surface area contributed by atoms with Gasteiger partial charge in [0.1, 0.15) is 35.6 Å². The molecule has 0 aliphatic heterocycles. The first-order chi connectivity index (χ1) is 10.1. The van der Waals surface area contributed by atoms with Gasteiger partial charge in [-0.2, -0.15) is 5.26 Å². The molecule has 0 heterocycles. The molecule has 2 rings (SSSR count). The van der Waals surface area contributed by atoms with Crippen molar-refractivity contribution in [2.45, 2.75) is 6.42 Å². The standard InChI is InChI=1S/C16H11F2NO2/c17-14-5-2-1-4-11(14)8-12(20)10-21-16-7-3-6-15(18)13(16)9-19/h1-7H,8,10H2. The summed E-state index contributed by atoms with van der Waals surface area (Å²) < 4.78 is 31.9. The van der Waals surface area contributed by atoms with Crippen LogP contribution in [0.2, 0.25) is 0 Å². The molecule has 5 heteroatoms. The molecule has 0 aromatic heterocycles. The first kappa shape index (κ1) is 14.7. The Morgan fingerprint density at radius 1 is 1.10 bits per heavy atom. The average Bonchev–Trinajstić information content (AvgIpc) is 2.47. The average molecular weight is 287 g/mol. The molecule has 0 aliphatic rings. The fourth-order valence-corrected chi connectivity index (χ4v) is 1.80. The Bertz CT molecular complexity index is 708. The van der Waals surface area contributed by atoms with Gasteiger partial charge in [0.15, 0.2) is 5.78 Å². The highest BCUT2D eigenvalue weighted by Gasteiger charge is 2.12. The van der Waals surface area contributed by atoms with E-state index in [0.29, 0.717) is 0 Å². The molecule has 2 aromatic rings. The minimum atomic E-state index is -0.712. The predicted molar refractivity (Wildman–Crippen MR) is 71.7 cm³/mol. The van der Waals surface area contributed by atoms with Gasteiger partial charge in [0.2, 0.25) is 0 Å². The van der Waals surface area contributed by atoms with Gasteiger partial charge in [-0.15, -0.1) is 0 Å². The number of carbonyl (C=O) groups is 1. The lowest BCUT2D eigenvalue weighted by Gasteiger charge is -2.08. The third kappa shape index (κ3) is 3.63. The highest BCUT2D eigenvalue weighted by Crippen LogP contribution is 2.20. The number of halogens is 2. The number of carbonyl (C=O) groups excluding carboxylic acids is 1. The Morgan fingerprint density at radius 2 is 1.81 bits per heavy atom. The summed E-state index contributed by atoms with van der Waals surface area (Å²) in [5, 5.41) is 8.83. The van der Waals surface area contributed by atoms with Gasteiger partial charge < -0.3 is 4.74 Å². The van der Waals surface area contributed by atoms with Crippen LogP contribution in [0.15, 0.2) is 42.5 Å². The zero-order valence-corrected chi connectivity index (χ0v) is 11.0. The Labute approximate surface area is 120 Å². The summed E-state index contributed by atoms with van der Waals surface area (Å²) in [6.45, 7) is -0.355. The molecule has 0 aliphatic carbocycles. The molecular weight excluding hydrogens is 276 g/mol. The number of benzene rings is 2. The third-order valence-electron chi connectivity index (χ3n) is 2.82. The molecule has 106 valence electrons. The molecule has 2 aromatic carbocycles. The molecule has 0 radical (unpaired) electrons. The van der Waals surface area contributed by atoms with E-state index in [9.17, 15) is 13.6 Å². The van der Waals surface area contributed by atoms with Crippen LogP contribution in [0.3, 0.4) is 0 Å². The lowest BCUT2D eigenvalue weighted by Crippen LogP contribution is -2.15. The van der Waals surface area contributed by atoms with Crippen LogP contribution in [0.25, 0.3) is 0 Å². The molecule has 0 atom stereocenters. The van der Waals surface area contributed by atoms with E-state index in [1.54, 1.807) is 12.1 Å². The Balaban J connectivity index is 2.01. The summed E-state index contributed by atoms with van der Waals surface area (Å²) in [5.41, 5.74) is 0.0158. The molecule has 21 heavy (non-hydrogen) atoms. The smallest absolute Gasteiger partial charge is 0.174 e. The molecule has 0 unspecified atom stereocenters. The molecule has 0 N–H and O–H groups in total. The number of hydrogen-bond acceptors (Lipinski definition) is 3. The van der Waals surface area contributed by atoms with Crippen LogP contribution in [0, 0.1) is 23.0 Å². The lowest BCUT2D eigenvalue weighted by molar-refractivity contribution is -0.120. The minimum Gasteiger partial charge on any atom is -0.484 e. The third-order valence-corrected chi connectivity index (χ3v) is 2.82. The number of hydrogen-bond donors (Lipinski definition) is 0. The monoisotopic (exact) mass is 287 g/mol. The summed E-state index contributed by atoms with van der Waals surface area (Å²) in [5.74, 6) is -1.54. The van der Waals surface area contributed by atoms with Crippen LogP contribution < -0.4 is 4.74 Å². The molecule has 0 amide bonds. The zero-order chi connectivity index (χ0) is 15.2. The Morgan fingerprint density at radius 3 is 2.52 bits per heavy atom. The van der Waals surface area contributed by atoms with E-state index in [-0.39, 0.29) is 35.7 Å². The molecule has 3 nitrogen and oxygen atoms in total. The Hall–Kier alpha value is -2.74. The quantitative estimate of drug-likeness (QED) is 0.849. The van der Waals surface area contributed by atoms with E-state index in [1.165, 1.54) is 30.3 Å². The molecule has 0 spiro atoms. The van der Waals surface area contributed by atoms with Gasteiger partial charge in [-0.3, -0.25) is 4.79 Å². The first-order valence-corrected chi connectivity index (χ1v) is 6.18. The van der Waals surface area contributed by atoms with Crippen molar-refractivity contribution in [3.63, 3.8) is 0 Å². The van der Waals surface area contributed by atoms with E-state index < -0.39 is 11.6 Å². The van der Waals surface area contributed by atoms with Crippen LogP contribution >= 0.6 is 0 Å². The summed E-state index contributed by atoms with van der Waals surface area (Å²) in [4.78, 5) is 11.8. The fourth-order valence-electron chi connectivity index (χ4n) is 1.80. The highest BCUT2D eigenvalue weighted by atomic mass is 19.1. The maximum absolute atomic E-state index is 13.4. The topological polar surface area (TPSA) is 50.1 Å². The van der Waals surface area contributed by atoms with Crippen molar-refractivity contribution in [1.29, 1.82) is 5.26 Å². The number of nitriles is 1. The lowest BCUT2D eigenvalue weighted by atomic mass is 10.1. The molecule has 0 saturated heterocycles. The van der Waals surface area contributed by atoms with Crippen molar-refractivity contribution < 1.29 is 18.3 Å². The normalized spacial score (nSPS) is 9.95. The highest BCUT2D eigenvalue weighted by molar-refractivity contribution is 5.82. The van der Waals surface area contributed by atoms with E-state index in [2.05, 4.69) is 0 Å². The van der Waals surface area contributed by atoms with Gasteiger partial charge in [0, 0.05) is 6.42 Å². The molecule has 0 saturated carbocycles. The molecule has 0 bridgehead atoms. The van der Waals surface area contributed by atoms with E-state index in [1.807, 2.05) is 0 Å². The van der Waals surface area contributed by atoms with Crippen LogP contribution in [-0.2, 0) is 11.2 Å². The second-order valence-corrected chi connectivity index (χ2v) is 4.32. The number of Topliss-reactive ketones (excluding diaryl/α,β-unsaturated/α-hetero) is 1. The first-order valence-electron chi connectivity index (χ1n) is 6.18. The van der Waals surface area contributed by atoms with E-state index in [0.717, 1.165) is 6.07 Å². The summed E-state index contributed by atoms with van der Waals surface area (Å²) >= 11 is 0. The van der Waals surface area contributed by atoms with Gasteiger partial charge in [0.25, 0.3) is 0 Å². The van der Waals surface area contributed by atoms with Crippen molar-refractivity contribution in [2.24, 2.45) is 0 Å². The Kier molecular flexibility index (Phi) is 4.62. The van der Waals surface area contributed by atoms with Gasteiger partial charge in [-0.05, 0) is 23.8 Å². The number of nitrogens with zero attached hydrogens (tertiary/aromatic N) is 1. The van der Waals surface area contributed by atoms with Crippen LogP contribution in [-0.4, -0.2) is 12.4 Å². The number of rotatable bonds is 5. The van der Waals surface area contributed by atoms with Crippen molar-refractivity contribution in [3.05, 3.63) is 65.2 Å². The van der Waals surface area contributed by atoms with Gasteiger partial charge in [-0.1, -0.05) is 24.3 Å². The van der Waals surface area contributed by atoms with Crippen LogP contribution in [0.5, 0.6) is 5.75 Å². The summed E-state index contributed by atoms with van der Waals surface area (Å²) in [6.07, 6.45) is -0.121. The minimum absolute atomic E-state index is 0.000571. The van der Waals surface area contributed by atoms with Crippen molar-refractivity contribution in [1.82, 2.24) is 0 Å². The van der Waals surface area contributed by atoms with Crippen LogP contribution in [0.1, 0.15) is 11.1 Å². The number of ether oxygens (including phenoxy) is 1. The maximum Gasteiger partial charge on any atom is 0.174 e. The summed E-state index contributed by atoms with van der Waals surface area (Å²) in [7, 11) is 0. The second kappa shape index (κ2) is 6.62. The fraction of sp³-hybridized carbons (Fsp3) is 0.125. The predicted octanol–water partition coefficient (Wildman–Crippen LogP) is 3.03. The maximum atomic E-state index is 13.4. The zero-order valence-electron chi connectivity index (χ0n) is 11.0. The van der Waals surface area contributed by atoms with Gasteiger partial charge in [-0.25, -0.2) is 8.78 Å². The largest absolute Gasteiger partial charge is 0.484 e. The number of ketones is 1. The van der Waals surface area contributed by atoms with Gasteiger partial charge in [0.05, 0.1) is 0 Å². The van der Waals surface area contributed by atoms with Crippen molar-refractivity contribution in [2.75, 3.05) is 6.61 Å². The summed E-state index contributed by atoms with van der Waals surface area (Å²) in [6, 6.07) is 11.5. The van der Waals surface area contributed by atoms with Crippen molar-refractivity contribution >= 4 is 5.78 Å². The van der Waals surface area contributed by atoms with Crippen molar-refractivity contribution in [3.8, 4) is 11.8 Å². The second-order valence-electron chi connectivity index (χ2n) is 4.32. The van der Waals surface area contributed by atoms with E-state index in [4.69, 9.17) is 10.00 Å². The van der Waals surface area contributed by atoms with Gasteiger partial charge >= 0.3 is 0 Å². The molecular formula is C16H11F2NO2. The molecule has 0 fully saturated rings. The van der Waals surface area contributed by atoms with E-state index >= 15 is 0 Å². The van der Waals surface area contributed by atoms with Crippen LogP contribution in [0.4, 0.5) is 8.78 Å². The SMILES string of the molecule is N#Cc1c(F)cccc1OCC(=O)Cc1ccccc1F.